The Morgan fingerprint density at radius 3 is 1.41 bits per heavy atom. The second kappa shape index (κ2) is 6.47. The van der Waals surface area contributed by atoms with Crippen LogP contribution >= 0.6 is 0 Å². The van der Waals surface area contributed by atoms with Crippen LogP contribution in [0.1, 0.15) is 20.8 Å². The molecule has 0 aromatic carbocycles. The second-order valence-corrected chi connectivity index (χ2v) is 6.85. The molecule has 16 heteroatoms. The number of hydrogen-bond acceptors (Lipinski definition) is 2. The lowest BCUT2D eigenvalue weighted by atomic mass is 9.86. The van der Waals surface area contributed by atoms with Crippen molar-refractivity contribution in [3.8, 4) is 0 Å². The van der Waals surface area contributed by atoms with E-state index in [9.17, 15) is 61.5 Å². The lowest BCUT2D eigenvalue weighted by molar-refractivity contribution is -0.433. The third kappa shape index (κ3) is 3.53. The minimum atomic E-state index is -8.00. The van der Waals surface area contributed by atoms with Crippen LogP contribution in [0.15, 0.2) is 0 Å². The molecule has 0 spiro atoms. The Hall–Kier alpha value is -1.06. The number of alkyl halides is 14. The maximum Gasteiger partial charge on any atom is 0.460 e. The van der Waals surface area contributed by atoms with E-state index in [1.807, 2.05) is 0 Å². The molecule has 0 aliphatic carbocycles. The first-order chi connectivity index (χ1) is 12.3. The van der Waals surface area contributed by atoms with Crippen molar-refractivity contribution < 1.29 is 70.9 Å². The molecule has 0 bridgehead atoms. The third-order valence-corrected chi connectivity index (χ3v) is 4.07. The molecule has 2 nitrogen and oxygen atoms in total. The van der Waals surface area contributed by atoms with E-state index in [1.54, 1.807) is 0 Å². The molecule has 1 fully saturated rings. The summed E-state index contributed by atoms with van der Waals surface area (Å²) >= 11 is 0. The average molecular weight is 466 g/mol. The minimum Gasteiger partial charge on any atom is -0.347 e. The van der Waals surface area contributed by atoms with Gasteiger partial charge in [-0.3, -0.25) is 0 Å². The molecule has 1 aliphatic heterocycles. The highest BCUT2D eigenvalue weighted by Crippen LogP contribution is 2.60. The number of halogens is 14. The molecular weight excluding hydrogens is 454 g/mol. The van der Waals surface area contributed by atoms with Crippen molar-refractivity contribution in [1.29, 1.82) is 0 Å². The molecular formula is C13H12F14O2. The molecule has 0 aromatic heterocycles. The molecule has 1 saturated heterocycles. The molecule has 0 radical (unpaired) electrons. The van der Waals surface area contributed by atoms with Crippen molar-refractivity contribution in [1.82, 2.24) is 0 Å². The molecule has 1 heterocycles. The highest BCUT2D eigenvalue weighted by Gasteiger charge is 2.90. The Morgan fingerprint density at radius 2 is 1.10 bits per heavy atom. The number of ether oxygens (including phenoxy) is 2. The van der Waals surface area contributed by atoms with Crippen molar-refractivity contribution >= 4 is 0 Å². The van der Waals surface area contributed by atoms with Gasteiger partial charge in [-0.15, -0.1) is 0 Å². The van der Waals surface area contributed by atoms with Crippen molar-refractivity contribution in [3.63, 3.8) is 0 Å². The van der Waals surface area contributed by atoms with Crippen LogP contribution in [0, 0.1) is 0 Å². The van der Waals surface area contributed by atoms with Crippen molar-refractivity contribution in [2.75, 3.05) is 6.61 Å². The molecule has 0 N–H and O–H groups in total. The van der Waals surface area contributed by atoms with Gasteiger partial charge < -0.3 is 9.47 Å². The summed E-state index contributed by atoms with van der Waals surface area (Å²) in [5.74, 6) is -39.0. The van der Waals surface area contributed by atoms with Crippen LogP contribution in [0.4, 0.5) is 61.5 Å². The quantitative estimate of drug-likeness (QED) is 0.475. The zero-order chi connectivity index (χ0) is 23.7. The third-order valence-electron chi connectivity index (χ3n) is 4.07. The van der Waals surface area contributed by atoms with Crippen LogP contribution in [-0.2, 0) is 9.47 Å². The van der Waals surface area contributed by atoms with E-state index in [0.29, 0.717) is 0 Å². The zero-order valence-corrected chi connectivity index (χ0v) is 14.4. The largest absolute Gasteiger partial charge is 0.460 e. The highest BCUT2D eigenvalue weighted by molar-refractivity contribution is 5.13. The van der Waals surface area contributed by atoms with Gasteiger partial charge in [0.1, 0.15) is 0 Å². The average Bonchev–Trinajstić information content (AvgIpc) is 2.79. The van der Waals surface area contributed by atoms with Crippen molar-refractivity contribution in [2.45, 2.75) is 74.1 Å². The standard InChI is InChI=1S/C13H12F14O2/c1-6(2)28-4-7(3,29-6)8(15,16)5(14)9(17,18)10(19,20)11(21,22)12(23,24)13(25,26)27/h5H,4H2,1-3H3. The first kappa shape index (κ1) is 26.0. The first-order valence-electron chi connectivity index (χ1n) is 7.26. The lowest BCUT2D eigenvalue weighted by Crippen LogP contribution is -2.71. The van der Waals surface area contributed by atoms with Gasteiger partial charge in [0.15, 0.2) is 11.4 Å². The summed E-state index contributed by atoms with van der Waals surface area (Å²) in [6.45, 7) is 0.508. The molecule has 2 atom stereocenters. The molecule has 1 aliphatic rings. The predicted octanol–water partition coefficient (Wildman–Crippen LogP) is 5.60. The minimum absolute atomic E-state index is 0.158. The topological polar surface area (TPSA) is 18.5 Å². The van der Waals surface area contributed by atoms with Gasteiger partial charge in [-0.2, -0.15) is 57.1 Å². The van der Waals surface area contributed by atoms with Gasteiger partial charge in [-0.05, 0) is 20.8 Å². The Morgan fingerprint density at radius 1 is 0.690 bits per heavy atom. The van der Waals surface area contributed by atoms with E-state index in [2.05, 4.69) is 9.47 Å². The monoisotopic (exact) mass is 466 g/mol. The van der Waals surface area contributed by atoms with Gasteiger partial charge >= 0.3 is 35.8 Å². The zero-order valence-electron chi connectivity index (χ0n) is 14.4. The summed E-state index contributed by atoms with van der Waals surface area (Å²) in [5, 5.41) is 0. The first-order valence-corrected chi connectivity index (χ1v) is 7.26. The maximum atomic E-state index is 14.1. The van der Waals surface area contributed by atoms with E-state index in [-0.39, 0.29) is 6.92 Å². The van der Waals surface area contributed by atoms with Crippen LogP contribution < -0.4 is 0 Å². The van der Waals surface area contributed by atoms with Crippen LogP contribution in [0.2, 0.25) is 0 Å². The van der Waals surface area contributed by atoms with Crippen LogP contribution in [0.3, 0.4) is 0 Å². The molecule has 2 unspecified atom stereocenters. The Bertz CT molecular complexity index is 625. The highest BCUT2D eigenvalue weighted by atomic mass is 19.4. The SMILES string of the molecule is CC1(C)OCC(C)(C(F)(F)C(F)C(F)(F)C(F)(F)C(F)(F)C(F)(F)C(F)(F)F)O1. The van der Waals surface area contributed by atoms with E-state index < -0.39 is 60.0 Å². The smallest absolute Gasteiger partial charge is 0.347 e. The van der Waals surface area contributed by atoms with Crippen LogP contribution in [0.25, 0.3) is 0 Å². The van der Waals surface area contributed by atoms with Crippen LogP contribution in [0.5, 0.6) is 0 Å². The van der Waals surface area contributed by atoms with Crippen molar-refractivity contribution in [3.05, 3.63) is 0 Å². The maximum absolute atomic E-state index is 14.1. The molecule has 29 heavy (non-hydrogen) atoms. The summed E-state index contributed by atoms with van der Waals surface area (Å²) in [4.78, 5) is 0. The summed E-state index contributed by atoms with van der Waals surface area (Å²) in [7, 11) is 0. The fourth-order valence-electron chi connectivity index (χ4n) is 2.32. The lowest BCUT2D eigenvalue weighted by Gasteiger charge is -2.42. The summed E-state index contributed by atoms with van der Waals surface area (Å²) in [6, 6.07) is 0. The molecule has 174 valence electrons. The van der Waals surface area contributed by atoms with E-state index in [0.717, 1.165) is 13.8 Å². The van der Waals surface area contributed by atoms with Gasteiger partial charge in [0, 0.05) is 0 Å². The van der Waals surface area contributed by atoms with E-state index in [1.165, 1.54) is 0 Å². The van der Waals surface area contributed by atoms with Gasteiger partial charge in [-0.25, -0.2) is 4.39 Å². The molecule has 0 aromatic rings. The molecule has 0 saturated carbocycles. The van der Waals surface area contributed by atoms with Gasteiger partial charge in [0.05, 0.1) is 6.61 Å². The van der Waals surface area contributed by atoms with E-state index in [4.69, 9.17) is 0 Å². The fourth-order valence-corrected chi connectivity index (χ4v) is 2.32. The Kier molecular flexibility index (Phi) is 5.79. The normalized spacial score (nSPS) is 26.0. The summed E-state index contributed by atoms with van der Waals surface area (Å²) in [5.41, 5.74) is -3.49. The summed E-state index contributed by atoms with van der Waals surface area (Å²) in [6.07, 6.45) is -13.2. The fraction of sp³-hybridized carbons (Fsp3) is 1.00. The van der Waals surface area contributed by atoms with Crippen LogP contribution in [-0.4, -0.2) is 60.0 Å². The van der Waals surface area contributed by atoms with Gasteiger partial charge in [0.2, 0.25) is 6.17 Å². The predicted molar refractivity (Wildman–Crippen MR) is 65.2 cm³/mol. The Labute approximate surface area is 153 Å². The van der Waals surface area contributed by atoms with E-state index >= 15 is 0 Å². The number of hydrogen-bond donors (Lipinski definition) is 0. The number of rotatable bonds is 6. The molecule has 0 amide bonds. The molecule has 1 rings (SSSR count). The van der Waals surface area contributed by atoms with Gasteiger partial charge in [0.25, 0.3) is 0 Å². The second-order valence-electron chi connectivity index (χ2n) is 6.85. The van der Waals surface area contributed by atoms with Gasteiger partial charge in [-0.1, -0.05) is 0 Å². The Balaban J connectivity index is 3.45. The van der Waals surface area contributed by atoms with Crippen molar-refractivity contribution in [2.24, 2.45) is 0 Å². The summed E-state index contributed by atoms with van der Waals surface area (Å²) < 4.78 is 193.